The highest BCUT2D eigenvalue weighted by molar-refractivity contribution is 6.04. The van der Waals surface area contributed by atoms with Crippen molar-refractivity contribution in [2.24, 2.45) is 7.05 Å². The van der Waals surface area contributed by atoms with Crippen molar-refractivity contribution in [1.82, 2.24) is 14.8 Å². The molecular weight excluding hydrogens is 304 g/mol. The van der Waals surface area contributed by atoms with Crippen molar-refractivity contribution in [1.29, 1.82) is 0 Å². The van der Waals surface area contributed by atoms with Crippen molar-refractivity contribution in [3.05, 3.63) is 29.6 Å². The zero-order chi connectivity index (χ0) is 16.9. The molecule has 0 aliphatic heterocycles. The molecule has 1 aliphatic carbocycles. The van der Waals surface area contributed by atoms with Gasteiger partial charge in [0.15, 0.2) is 5.65 Å². The molecule has 24 heavy (non-hydrogen) atoms. The molecule has 0 bridgehead atoms. The van der Waals surface area contributed by atoms with Crippen molar-refractivity contribution in [2.45, 2.75) is 39.0 Å². The molecule has 2 aromatic rings. The highest BCUT2D eigenvalue weighted by Crippen LogP contribution is 2.27. The second kappa shape index (κ2) is 7.47. The fraction of sp³-hybridized carbons (Fsp3) is 0.500. The maximum absolute atomic E-state index is 12.2. The van der Waals surface area contributed by atoms with Crippen molar-refractivity contribution in [3.8, 4) is 0 Å². The minimum atomic E-state index is -0.352. The molecule has 6 heteroatoms. The van der Waals surface area contributed by atoms with E-state index in [0.717, 1.165) is 29.7 Å². The SMILES string of the molecule is CCOC(=O)c1cnc2c(cnn2C)c1NCCC1=CCCCC1. The molecule has 6 nitrogen and oxygen atoms in total. The summed E-state index contributed by atoms with van der Waals surface area (Å²) in [5.41, 5.74) is 3.49. The summed E-state index contributed by atoms with van der Waals surface area (Å²) in [5, 5.41) is 8.52. The number of rotatable bonds is 6. The van der Waals surface area contributed by atoms with Crippen LogP contribution in [0.1, 0.15) is 49.4 Å². The number of nitrogens with zero attached hydrogens (tertiary/aromatic N) is 3. The molecule has 3 rings (SSSR count). The van der Waals surface area contributed by atoms with Crippen LogP contribution in [0.15, 0.2) is 24.0 Å². The minimum Gasteiger partial charge on any atom is -0.462 e. The van der Waals surface area contributed by atoms with Gasteiger partial charge >= 0.3 is 5.97 Å². The third-order valence-corrected chi connectivity index (χ3v) is 4.39. The van der Waals surface area contributed by atoms with Gasteiger partial charge in [0.05, 0.1) is 23.9 Å². The van der Waals surface area contributed by atoms with Gasteiger partial charge in [0.1, 0.15) is 5.56 Å². The minimum absolute atomic E-state index is 0.343. The fourth-order valence-electron chi connectivity index (χ4n) is 3.13. The van der Waals surface area contributed by atoms with Gasteiger partial charge in [-0.1, -0.05) is 11.6 Å². The van der Waals surface area contributed by atoms with Crippen molar-refractivity contribution in [2.75, 3.05) is 18.5 Å². The van der Waals surface area contributed by atoms with E-state index in [9.17, 15) is 4.79 Å². The number of carbonyl (C=O) groups excluding carboxylic acids is 1. The Morgan fingerprint density at radius 1 is 1.38 bits per heavy atom. The van der Waals surface area contributed by atoms with Gasteiger partial charge in [-0.3, -0.25) is 4.68 Å². The number of fused-ring (bicyclic) bond motifs is 1. The van der Waals surface area contributed by atoms with Gasteiger partial charge < -0.3 is 10.1 Å². The Kier molecular flexibility index (Phi) is 5.13. The van der Waals surface area contributed by atoms with Crippen LogP contribution in [0, 0.1) is 0 Å². The molecule has 0 unspecified atom stereocenters. The van der Waals surface area contributed by atoms with Gasteiger partial charge in [-0.2, -0.15) is 5.10 Å². The van der Waals surface area contributed by atoms with E-state index >= 15 is 0 Å². The molecule has 0 radical (unpaired) electrons. The van der Waals surface area contributed by atoms with E-state index in [0.29, 0.717) is 12.2 Å². The van der Waals surface area contributed by atoms with Gasteiger partial charge in [0, 0.05) is 19.8 Å². The van der Waals surface area contributed by atoms with Crippen molar-refractivity contribution in [3.63, 3.8) is 0 Å². The number of ether oxygens (including phenoxy) is 1. The topological polar surface area (TPSA) is 69.0 Å². The van der Waals surface area contributed by atoms with Gasteiger partial charge in [-0.25, -0.2) is 9.78 Å². The summed E-state index contributed by atoms with van der Waals surface area (Å²) in [6.45, 7) is 2.93. The maximum Gasteiger partial charge on any atom is 0.341 e. The molecule has 1 N–H and O–H groups in total. The van der Waals surface area contributed by atoms with Crippen LogP contribution in [0.2, 0.25) is 0 Å². The first kappa shape index (κ1) is 16.5. The Labute approximate surface area is 141 Å². The van der Waals surface area contributed by atoms with E-state index in [-0.39, 0.29) is 5.97 Å². The Morgan fingerprint density at radius 3 is 3.00 bits per heavy atom. The van der Waals surface area contributed by atoms with Gasteiger partial charge in [-0.05, 0) is 39.0 Å². The Hall–Kier alpha value is -2.37. The number of nitrogens with one attached hydrogen (secondary N) is 1. The number of pyridine rings is 1. The summed E-state index contributed by atoms with van der Waals surface area (Å²) in [7, 11) is 1.84. The Morgan fingerprint density at radius 2 is 2.25 bits per heavy atom. The van der Waals surface area contributed by atoms with E-state index in [1.54, 1.807) is 24.0 Å². The van der Waals surface area contributed by atoms with E-state index in [1.165, 1.54) is 31.3 Å². The fourth-order valence-corrected chi connectivity index (χ4v) is 3.13. The van der Waals surface area contributed by atoms with E-state index in [4.69, 9.17) is 4.74 Å². The van der Waals surface area contributed by atoms with Gasteiger partial charge in [-0.15, -0.1) is 0 Å². The maximum atomic E-state index is 12.2. The molecule has 0 fully saturated rings. The first-order valence-electron chi connectivity index (χ1n) is 8.60. The summed E-state index contributed by atoms with van der Waals surface area (Å²) in [4.78, 5) is 16.6. The first-order chi connectivity index (χ1) is 11.7. The number of hydrogen-bond donors (Lipinski definition) is 1. The first-order valence-corrected chi connectivity index (χ1v) is 8.60. The number of anilines is 1. The Bertz CT molecular complexity index is 764. The van der Waals surface area contributed by atoms with Crippen LogP contribution < -0.4 is 5.32 Å². The molecule has 1 aliphatic rings. The molecular formula is C18H24N4O2. The molecule has 0 amide bonds. The molecule has 0 saturated heterocycles. The zero-order valence-corrected chi connectivity index (χ0v) is 14.3. The molecule has 2 aromatic heterocycles. The number of hydrogen-bond acceptors (Lipinski definition) is 5. The van der Waals surface area contributed by atoms with Crippen LogP contribution >= 0.6 is 0 Å². The third-order valence-electron chi connectivity index (χ3n) is 4.39. The summed E-state index contributed by atoms with van der Waals surface area (Å²) >= 11 is 0. The molecule has 0 aromatic carbocycles. The lowest BCUT2D eigenvalue weighted by atomic mass is 9.97. The van der Waals surface area contributed by atoms with Crippen LogP contribution in [0.3, 0.4) is 0 Å². The second-order valence-electron chi connectivity index (χ2n) is 6.06. The Balaban J connectivity index is 1.83. The predicted octanol–water partition coefficient (Wildman–Crippen LogP) is 3.45. The van der Waals surface area contributed by atoms with E-state index in [1.807, 2.05) is 7.05 Å². The number of aryl methyl sites for hydroxylation is 1. The summed E-state index contributed by atoms with van der Waals surface area (Å²) in [5.74, 6) is -0.352. The molecule has 0 spiro atoms. The normalized spacial score (nSPS) is 14.5. The van der Waals surface area contributed by atoms with Crippen LogP contribution in [0.25, 0.3) is 11.0 Å². The highest BCUT2D eigenvalue weighted by atomic mass is 16.5. The van der Waals surface area contributed by atoms with Crippen LogP contribution in [0.5, 0.6) is 0 Å². The number of aromatic nitrogens is 3. The second-order valence-corrected chi connectivity index (χ2v) is 6.06. The number of carbonyl (C=O) groups is 1. The van der Waals surface area contributed by atoms with Crippen LogP contribution in [-0.4, -0.2) is 33.9 Å². The summed E-state index contributed by atoms with van der Waals surface area (Å²) < 4.78 is 6.87. The van der Waals surface area contributed by atoms with Crippen molar-refractivity contribution < 1.29 is 9.53 Å². The molecule has 2 heterocycles. The molecule has 128 valence electrons. The van der Waals surface area contributed by atoms with Gasteiger partial charge in [0.25, 0.3) is 0 Å². The lowest BCUT2D eigenvalue weighted by Gasteiger charge is -2.15. The quantitative estimate of drug-likeness (QED) is 0.650. The largest absolute Gasteiger partial charge is 0.462 e. The monoisotopic (exact) mass is 328 g/mol. The number of allylic oxidation sites excluding steroid dienone is 1. The van der Waals surface area contributed by atoms with Crippen LogP contribution in [-0.2, 0) is 11.8 Å². The standard InChI is InChI=1S/C18H24N4O2/c1-3-24-18(23)15-11-20-17-14(12-21-22(17)2)16(15)19-10-9-13-7-5-4-6-8-13/h7,11-12H,3-6,8-10H2,1-2H3,(H,19,20). The van der Waals surface area contributed by atoms with Gasteiger partial charge in [0.2, 0.25) is 0 Å². The third kappa shape index (κ3) is 3.42. The summed E-state index contributed by atoms with van der Waals surface area (Å²) in [6, 6.07) is 0. The smallest absolute Gasteiger partial charge is 0.341 e. The molecule has 0 atom stereocenters. The zero-order valence-electron chi connectivity index (χ0n) is 14.3. The van der Waals surface area contributed by atoms with Crippen LogP contribution in [0.4, 0.5) is 5.69 Å². The highest BCUT2D eigenvalue weighted by Gasteiger charge is 2.18. The summed E-state index contributed by atoms with van der Waals surface area (Å²) in [6.07, 6.45) is 11.6. The average Bonchev–Trinajstić information content (AvgIpc) is 2.98. The number of esters is 1. The average molecular weight is 328 g/mol. The van der Waals surface area contributed by atoms with E-state index < -0.39 is 0 Å². The lowest BCUT2D eigenvalue weighted by molar-refractivity contribution is 0.0527. The lowest BCUT2D eigenvalue weighted by Crippen LogP contribution is -2.12. The van der Waals surface area contributed by atoms with E-state index in [2.05, 4.69) is 21.5 Å². The molecule has 0 saturated carbocycles. The predicted molar refractivity (Wildman–Crippen MR) is 94.1 cm³/mol. The van der Waals surface area contributed by atoms with Crippen molar-refractivity contribution >= 4 is 22.7 Å².